The molecule has 0 aliphatic rings. The quantitative estimate of drug-likeness (QED) is 0.633. The molecule has 0 unspecified atom stereocenters. The topological polar surface area (TPSA) is 54.4 Å². The molecule has 0 amide bonds. The molecule has 16 heavy (non-hydrogen) atoms. The lowest BCUT2D eigenvalue weighted by atomic mass is 10.0. The van der Waals surface area contributed by atoms with Crippen molar-refractivity contribution < 1.29 is 13.0 Å². The first-order valence-corrected chi connectivity index (χ1v) is 6.24. The standard InChI is InChI=1S/C12H14O3S/c1-3-5-10-7-8-12(16(13,14)15)9-11(10)6-4-2/h3-4,7-9H,1-2,5-6H2,(H,13,14,15). The summed E-state index contributed by atoms with van der Waals surface area (Å²) >= 11 is 0. The van der Waals surface area contributed by atoms with Crippen LogP contribution in [0.4, 0.5) is 0 Å². The lowest BCUT2D eigenvalue weighted by Gasteiger charge is -2.07. The van der Waals surface area contributed by atoms with Gasteiger partial charge in [-0.25, -0.2) is 0 Å². The summed E-state index contributed by atoms with van der Waals surface area (Å²) in [7, 11) is -4.14. The molecule has 0 aromatic heterocycles. The van der Waals surface area contributed by atoms with E-state index >= 15 is 0 Å². The second-order valence-electron chi connectivity index (χ2n) is 3.39. The van der Waals surface area contributed by atoms with Crippen LogP contribution in [0.15, 0.2) is 48.4 Å². The smallest absolute Gasteiger partial charge is 0.282 e. The van der Waals surface area contributed by atoms with Crippen LogP contribution >= 0.6 is 0 Å². The fourth-order valence-electron chi connectivity index (χ4n) is 1.46. The van der Waals surface area contributed by atoms with Crippen LogP contribution in [-0.2, 0) is 23.0 Å². The Morgan fingerprint density at radius 2 is 1.69 bits per heavy atom. The molecule has 0 fully saturated rings. The van der Waals surface area contributed by atoms with Crippen LogP contribution < -0.4 is 0 Å². The zero-order valence-corrected chi connectivity index (χ0v) is 9.70. The molecule has 0 radical (unpaired) electrons. The van der Waals surface area contributed by atoms with Gasteiger partial charge in [0, 0.05) is 0 Å². The van der Waals surface area contributed by atoms with Crippen molar-refractivity contribution in [2.24, 2.45) is 0 Å². The molecule has 0 saturated carbocycles. The van der Waals surface area contributed by atoms with Crippen LogP contribution in [-0.4, -0.2) is 13.0 Å². The number of rotatable bonds is 5. The highest BCUT2D eigenvalue weighted by Gasteiger charge is 2.11. The summed E-state index contributed by atoms with van der Waals surface area (Å²) in [6, 6.07) is 4.54. The maximum atomic E-state index is 11.0. The molecule has 0 aliphatic carbocycles. The van der Waals surface area contributed by atoms with E-state index in [-0.39, 0.29) is 4.90 Å². The predicted octanol–water partition coefficient (Wildman–Crippen LogP) is 2.39. The van der Waals surface area contributed by atoms with Crippen molar-refractivity contribution >= 4 is 10.1 Å². The Hall–Kier alpha value is -1.39. The van der Waals surface area contributed by atoms with Crippen molar-refractivity contribution in [2.45, 2.75) is 17.7 Å². The van der Waals surface area contributed by atoms with Gasteiger partial charge < -0.3 is 0 Å². The fraction of sp³-hybridized carbons (Fsp3) is 0.167. The van der Waals surface area contributed by atoms with E-state index in [9.17, 15) is 8.42 Å². The normalized spacial score (nSPS) is 11.1. The summed E-state index contributed by atoms with van der Waals surface area (Å²) in [6.07, 6.45) is 4.66. The Labute approximate surface area is 95.9 Å². The SMILES string of the molecule is C=CCc1ccc(S(=O)(=O)O)cc1CC=C. The molecular formula is C12H14O3S. The van der Waals surface area contributed by atoms with E-state index in [1.165, 1.54) is 12.1 Å². The van der Waals surface area contributed by atoms with E-state index in [1.807, 2.05) is 0 Å². The third-order valence-corrected chi connectivity index (χ3v) is 3.05. The van der Waals surface area contributed by atoms with Crippen molar-refractivity contribution in [3.05, 3.63) is 54.6 Å². The van der Waals surface area contributed by atoms with Gasteiger partial charge in [-0.2, -0.15) is 8.42 Å². The van der Waals surface area contributed by atoms with Crippen molar-refractivity contribution in [3.63, 3.8) is 0 Å². The molecule has 0 saturated heterocycles. The molecule has 86 valence electrons. The van der Waals surface area contributed by atoms with Gasteiger partial charge in [0.1, 0.15) is 0 Å². The average molecular weight is 238 g/mol. The average Bonchev–Trinajstić information content (AvgIpc) is 2.19. The molecule has 3 nitrogen and oxygen atoms in total. The van der Waals surface area contributed by atoms with Gasteiger partial charge in [-0.1, -0.05) is 18.2 Å². The first-order chi connectivity index (χ1) is 7.49. The van der Waals surface area contributed by atoms with Gasteiger partial charge in [0.2, 0.25) is 0 Å². The molecule has 4 heteroatoms. The zero-order valence-electron chi connectivity index (χ0n) is 8.89. The number of hydrogen-bond acceptors (Lipinski definition) is 2. The summed E-state index contributed by atoms with van der Waals surface area (Å²) in [6.45, 7) is 7.25. The third kappa shape index (κ3) is 3.05. The van der Waals surface area contributed by atoms with Crippen molar-refractivity contribution in [2.75, 3.05) is 0 Å². The molecule has 0 aliphatic heterocycles. The number of allylic oxidation sites excluding steroid dienone is 2. The molecule has 1 aromatic rings. The summed E-state index contributed by atoms with van der Waals surface area (Å²) in [5.41, 5.74) is 1.83. The van der Waals surface area contributed by atoms with Crippen LogP contribution in [0.25, 0.3) is 0 Å². The lowest BCUT2D eigenvalue weighted by Crippen LogP contribution is -2.01. The van der Waals surface area contributed by atoms with Gasteiger partial charge in [-0.05, 0) is 36.1 Å². The molecule has 0 heterocycles. The summed E-state index contributed by atoms with van der Waals surface area (Å²) in [5.74, 6) is 0. The molecule has 1 rings (SSSR count). The Morgan fingerprint density at radius 3 is 2.19 bits per heavy atom. The van der Waals surface area contributed by atoms with E-state index in [4.69, 9.17) is 4.55 Å². The van der Waals surface area contributed by atoms with Gasteiger partial charge in [0.25, 0.3) is 10.1 Å². The largest absolute Gasteiger partial charge is 0.294 e. The Morgan fingerprint density at radius 1 is 1.12 bits per heavy atom. The second-order valence-corrected chi connectivity index (χ2v) is 4.81. The summed E-state index contributed by atoms with van der Waals surface area (Å²) in [5, 5.41) is 0. The van der Waals surface area contributed by atoms with Crippen LogP contribution in [0.2, 0.25) is 0 Å². The monoisotopic (exact) mass is 238 g/mol. The van der Waals surface area contributed by atoms with Crippen LogP contribution in [0, 0.1) is 0 Å². The molecule has 0 spiro atoms. The highest BCUT2D eigenvalue weighted by Crippen LogP contribution is 2.17. The molecule has 1 N–H and O–H groups in total. The molecule has 0 bridgehead atoms. The van der Waals surface area contributed by atoms with Crippen LogP contribution in [0.5, 0.6) is 0 Å². The Balaban J connectivity index is 3.26. The minimum Gasteiger partial charge on any atom is -0.282 e. The molecule has 0 atom stereocenters. The van der Waals surface area contributed by atoms with Crippen molar-refractivity contribution in [3.8, 4) is 0 Å². The predicted molar refractivity (Wildman–Crippen MR) is 64.1 cm³/mol. The zero-order chi connectivity index (χ0) is 12.2. The van der Waals surface area contributed by atoms with Crippen molar-refractivity contribution in [1.29, 1.82) is 0 Å². The maximum absolute atomic E-state index is 11.0. The fourth-order valence-corrected chi connectivity index (χ4v) is 1.99. The molecular weight excluding hydrogens is 224 g/mol. The third-order valence-electron chi connectivity index (χ3n) is 2.20. The first kappa shape index (κ1) is 12.7. The minimum absolute atomic E-state index is 0.0860. The van der Waals surface area contributed by atoms with Gasteiger partial charge in [0.05, 0.1) is 4.90 Å². The summed E-state index contributed by atoms with van der Waals surface area (Å²) in [4.78, 5) is -0.0860. The highest BCUT2D eigenvalue weighted by atomic mass is 32.2. The van der Waals surface area contributed by atoms with Crippen LogP contribution in [0.3, 0.4) is 0 Å². The second kappa shape index (κ2) is 5.09. The Bertz CT molecular complexity index is 501. The van der Waals surface area contributed by atoms with E-state index < -0.39 is 10.1 Å². The van der Waals surface area contributed by atoms with Crippen LogP contribution in [0.1, 0.15) is 11.1 Å². The maximum Gasteiger partial charge on any atom is 0.294 e. The lowest BCUT2D eigenvalue weighted by molar-refractivity contribution is 0.483. The minimum atomic E-state index is -4.14. The Kier molecular flexibility index (Phi) is 4.04. The van der Waals surface area contributed by atoms with E-state index in [2.05, 4.69) is 13.2 Å². The van der Waals surface area contributed by atoms with Gasteiger partial charge in [-0.3, -0.25) is 4.55 Å². The van der Waals surface area contributed by atoms with E-state index in [0.717, 1.165) is 11.1 Å². The van der Waals surface area contributed by atoms with Gasteiger partial charge in [0.15, 0.2) is 0 Å². The molecule has 1 aromatic carbocycles. The summed E-state index contributed by atoms with van der Waals surface area (Å²) < 4.78 is 30.9. The van der Waals surface area contributed by atoms with Crippen molar-refractivity contribution in [1.82, 2.24) is 0 Å². The number of benzene rings is 1. The first-order valence-electron chi connectivity index (χ1n) is 4.80. The van der Waals surface area contributed by atoms with Gasteiger partial charge in [-0.15, -0.1) is 13.2 Å². The van der Waals surface area contributed by atoms with E-state index in [1.54, 1.807) is 18.2 Å². The van der Waals surface area contributed by atoms with E-state index in [0.29, 0.717) is 12.8 Å². The highest BCUT2D eigenvalue weighted by molar-refractivity contribution is 7.85. The number of hydrogen-bond donors (Lipinski definition) is 1. The van der Waals surface area contributed by atoms with Gasteiger partial charge >= 0.3 is 0 Å².